The van der Waals surface area contributed by atoms with Gasteiger partial charge in [-0.05, 0) is 36.8 Å². The number of carboxylic acids is 1. The lowest BCUT2D eigenvalue weighted by Crippen LogP contribution is -2.31. The van der Waals surface area contributed by atoms with Gasteiger partial charge in [-0.25, -0.2) is 9.78 Å². The lowest BCUT2D eigenvalue weighted by atomic mass is 10.0. The zero-order chi connectivity index (χ0) is 22.2. The Kier molecular flexibility index (Phi) is 7.35. The van der Waals surface area contributed by atoms with Crippen molar-refractivity contribution < 1.29 is 19.4 Å². The van der Waals surface area contributed by atoms with E-state index in [2.05, 4.69) is 10.3 Å². The molecule has 1 aromatic heterocycles. The molecule has 1 atom stereocenters. The Balaban J connectivity index is 1.76. The van der Waals surface area contributed by atoms with Gasteiger partial charge in [-0.1, -0.05) is 48.5 Å². The highest BCUT2D eigenvalue weighted by Crippen LogP contribution is 2.26. The van der Waals surface area contributed by atoms with Gasteiger partial charge < -0.3 is 15.2 Å². The van der Waals surface area contributed by atoms with E-state index in [4.69, 9.17) is 9.84 Å². The number of ether oxygens (including phenoxy) is 1. The summed E-state index contributed by atoms with van der Waals surface area (Å²) >= 11 is 0. The topological polar surface area (TPSA) is 91.8 Å². The molecule has 0 radical (unpaired) electrons. The Bertz CT molecular complexity index is 1020. The van der Waals surface area contributed by atoms with E-state index in [1.807, 2.05) is 73.7 Å². The van der Waals surface area contributed by atoms with Gasteiger partial charge in [0.1, 0.15) is 5.82 Å². The summed E-state index contributed by atoms with van der Waals surface area (Å²) in [5.74, 6) is -0.401. The van der Waals surface area contributed by atoms with Crippen molar-refractivity contribution in [1.82, 2.24) is 4.98 Å². The van der Waals surface area contributed by atoms with Crippen molar-refractivity contribution in [3.8, 4) is 11.3 Å². The number of pyridine rings is 1. The van der Waals surface area contributed by atoms with Gasteiger partial charge in [-0.3, -0.25) is 9.69 Å². The van der Waals surface area contributed by atoms with E-state index in [1.54, 1.807) is 13.1 Å². The average Bonchev–Trinajstić information content (AvgIpc) is 2.79. The maximum atomic E-state index is 12.5. The highest BCUT2D eigenvalue weighted by atomic mass is 16.5. The Morgan fingerprint density at radius 2 is 1.74 bits per heavy atom. The van der Waals surface area contributed by atoms with Crippen molar-refractivity contribution in [2.24, 2.45) is 0 Å². The zero-order valence-electron chi connectivity index (χ0n) is 17.5. The average molecular weight is 419 g/mol. The van der Waals surface area contributed by atoms with E-state index >= 15 is 0 Å². The van der Waals surface area contributed by atoms with Gasteiger partial charge in [0, 0.05) is 24.9 Å². The quantitative estimate of drug-likeness (QED) is 0.538. The van der Waals surface area contributed by atoms with Crippen molar-refractivity contribution >= 4 is 23.5 Å². The first-order chi connectivity index (χ1) is 15.0. The first-order valence-corrected chi connectivity index (χ1v) is 9.98. The standard InChI is InChI=1S/C24H25N3O4/c1-3-31-21(16-23(28)29)18-14-12-17(13-15-18)20-10-7-11-22(26-20)27(2)24(30)25-19-8-5-4-6-9-19/h4-15,21H,3,16H2,1-2H3,(H,25,30)(H,28,29)/t21-/m0/s1. The van der Waals surface area contributed by atoms with Gasteiger partial charge in [0.05, 0.1) is 18.2 Å². The molecular formula is C24H25N3O4. The van der Waals surface area contributed by atoms with Crippen LogP contribution in [0.4, 0.5) is 16.3 Å². The Labute approximate surface area is 181 Å². The second-order valence-electron chi connectivity index (χ2n) is 6.90. The minimum atomic E-state index is -0.909. The molecule has 0 aliphatic heterocycles. The van der Waals surface area contributed by atoms with E-state index in [9.17, 15) is 9.59 Å². The summed E-state index contributed by atoms with van der Waals surface area (Å²) in [6.07, 6.45) is -0.592. The molecule has 2 aromatic carbocycles. The molecule has 31 heavy (non-hydrogen) atoms. The van der Waals surface area contributed by atoms with Crippen LogP contribution in [0.25, 0.3) is 11.3 Å². The molecule has 1 heterocycles. The number of para-hydroxylation sites is 1. The SMILES string of the molecule is CCO[C@@H](CC(=O)O)c1ccc(-c2cccc(N(C)C(=O)Nc3ccccc3)n2)cc1. The number of nitrogens with zero attached hydrogens (tertiary/aromatic N) is 2. The highest BCUT2D eigenvalue weighted by Gasteiger charge is 2.16. The van der Waals surface area contributed by atoms with Gasteiger partial charge in [0.25, 0.3) is 0 Å². The zero-order valence-corrected chi connectivity index (χ0v) is 17.5. The van der Waals surface area contributed by atoms with Crippen LogP contribution >= 0.6 is 0 Å². The van der Waals surface area contributed by atoms with Gasteiger partial charge >= 0.3 is 12.0 Å². The first-order valence-electron chi connectivity index (χ1n) is 9.98. The van der Waals surface area contributed by atoms with E-state index < -0.39 is 12.1 Å². The number of hydrogen-bond donors (Lipinski definition) is 2. The number of hydrogen-bond acceptors (Lipinski definition) is 4. The summed E-state index contributed by atoms with van der Waals surface area (Å²) in [4.78, 5) is 29.7. The summed E-state index contributed by atoms with van der Waals surface area (Å²) in [7, 11) is 1.66. The normalized spacial score (nSPS) is 11.5. The van der Waals surface area contributed by atoms with Crippen LogP contribution in [0.1, 0.15) is 25.0 Å². The molecule has 0 spiro atoms. The van der Waals surface area contributed by atoms with Crippen molar-refractivity contribution in [3.05, 3.63) is 78.4 Å². The van der Waals surface area contributed by atoms with Crippen LogP contribution in [0, 0.1) is 0 Å². The molecule has 3 rings (SSSR count). The first kappa shape index (κ1) is 22.0. The summed E-state index contributed by atoms with van der Waals surface area (Å²) in [6, 6.07) is 21.8. The molecule has 7 heteroatoms. The van der Waals surface area contributed by atoms with Gasteiger partial charge in [0.15, 0.2) is 0 Å². The van der Waals surface area contributed by atoms with Crippen LogP contribution in [0.5, 0.6) is 0 Å². The number of rotatable bonds is 8. The second-order valence-corrected chi connectivity index (χ2v) is 6.90. The maximum Gasteiger partial charge on any atom is 0.327 e. The van der Waals surface area contributed by atoms with E-state index in [0.29, 0.717) is 23.8 Å². The largest absolute Gasteiger partial charge is 0.481 e. The summed E-state index contributed by atoms with van der Waals surface area (Å²) in [5.41, 5.74) is 3.06. The predicted octanol–water partition coefficient (Wildman–Crippen LogP) is 4.97. The van der Waals surface area contributed by atoms with E-state index in [0.717, 1.165) is 11.1 Å². The minimum Gasteiger partial charge on any atom is -0.481 e. The van der Waals surface area contributed by atoms with Crippen LogP contribution in [0.2, 0.25) is 0 Å². The number of anilines is 2. The number of carbonyl (C=O) groups excluding carboxylic acids is 1. The van der Waals surface area contributed by atoms with Crippen LogP contribution in [0.3, 0.4) is 0 Å². The number of benzene rings is 2. The van der Waals surface area contributed by atoms with Crippen molar-refractivity contribution in [1.29, 1.82) is 0 Å². The van der Waals surface area contributed by atoms with Crippen LogP contribution in [-0.4, -0.2) is 35.7 Å². The van der Waals surface area contributed by atoms with E-state index in [-0.39, 0.29) is 12.5 Å². The van der Waals surface area contributed by atoms with Crippen LogP contribution < -0.4 is 10.2 Å². The fourth-order valence-corrected chi connectivity index (χ4v) is 3.11. The number of urea groups is 1. The molecule has 0 bridgehead atoms. The number of carbonyl (C=O) groups is 2. The number of aliphatic carboxylic acids is 1. The molecule has 2 amide bonds. The van der Waals surface area contributed by atoms with Gasteiger partial charge in [-0.2, -0.15) is 0 Å². The molecular weight excluding hydrogens is 394 g/mol. The molecule has 0 saturated carbocycles. The lowest BCUT2D eigenvalue weighted by molar-refractivity contribution is -0.140. The summed E-state index contributed by atoms with van der Waals surface area (Å²) in [6.45, 7) is 2.27. The third kappa shape index (κ3) is 5.90. The molecule has 0 unspecified atom stereocenters. The molecule has 2 N–H and O–H groups in total. The Morgan fingerprint density at radius 3 is 2.39 bits per heavy atom. The van der Waals surface area contributed by atoms with Crippen molar-refractivity contribution in [2.45, 2.75) is 19.4 Å². The minimum absolute atomic E-state index is 0.0950. The second kappa shape index (κ2) is 10.4. The fraction of sp³-hybridized carbons (Fsp3) is 0.208. The molecule has 160 valence electrons. The smallest absolute Gasteiger partial charge is 0.327 e. The molecule has 0 aliphatic rings. The molecule has 0 saturated heterocycles. The highest BCUT2D eigenvalue weighted by molar-refractivity contribution is 6.00. The molecule has 3 aromatic rings. The third-order valence-electron chi connectivity index (χ3n) is 4.71. The molecule has 0 fully saturated rings. The number of amides is 2. The number of carboxylic acid groups (broad SMARTS) is 1. The monoisotopic (exact) mass is 419 g/mol. The lowest BCUT2D eigenvalue weighted by Gasteiger charge is -2.18. The Hall–Kier alpha value is -3.71. The predicted molar refractivity (Wildman–Crippen MR) is 120 cm³/mol. The van der Waals surface area contributed by atoms with Crippen molar-refractivity contribution in [2.75, 3.05) is 23.9 Å². The number of aromatic nitrogens is 1. The van der Waals surface area contributed by atoms with E-state index in [1.165, 1.54) is 4.90 Å². The summed E-state index contributed by atoms with van der Waals surface area (Å²) < 4.78 is 5.56. The molecule has 7 nitrogen and oxygen atoms in total. The molecule has 0 aliphatic carbocycles. The Morgan fingerprint density at radius 1 is 1.03 bits per heavy atom. The third-order valence-corrected chi connectivity index (χ3v) is 4.71. The van der Waals surface area contributed by atoms with Crippen LogP contribution in [0.15, 0.2) is 72.8 Å². The fourth-order valence-electron chi connectivity index (χ4n) is 3.11. The maximum absolute atomic E-state index is 12.5. The van der Waals surface area contributed by atoms with Gasteiger partial charge in [0.2, 0.25) is 0 Å². The summed E-state index contributed by atoms with van der Waals surface area (Å²) in [5, 5.41) is 11.9. The van der Waals surface area contributed by atoms with Crippen LogP contribution in [-0.2, 0) is 9.53 Å². The van der Waals surface area contributed by atoms with Gasteiger partial charge in [-0.15, -0.1) is 0 Å². The number of nitrogens with one attached hydrogen (secondary N) is 1. The van der Waals surface area contributed by atoms with Crippen molar-refractivity contribution in [3.63, 3.8) is 0 Å².